The number of H-pyrrole nitrogens is 1. The molecule has 5 rings (SSSR count). The van der Waals surface area contributed by atoms with Crippen LogP contribution in [0.4, 0.5) is 11.4 Å². The minimum atomic E-state index is -1.23. The van der Waals surface area contributed by atoms with Crippen molar-refractivity contribution in [2.75, 3.05) is 43.1 Å². The molecule has 0 fully saturated rings. The Morgan fingerprint density at radius 2 is 1.80 bits per heavy atom. The number of nitrogens with one attached hydrogen (secondary N) is 2. The molecule has 1 aromatic heterocycles. The number of unbranched alkanes of at least 4 members (excludes halogenated alkanes) is 1. The summed E-state index contributed by atoms with van der Waals surface area (Å²) in [7, 11) is 0. The molecule has 0 aliphatic carbocycles. The SMILES string of the molecule is C=C(C)CN1CCCC(C(=O)Nc2ccc([S+]([O-])Cc3cnc(CCC)[nH]3)cc2)=Cc2cc(-c3ccc(OCCOCCCC)cc3)ccc21. The van der Waals surface area contributed by atoms with Crippen LogP contribution in [-0.4, -0.2) is 53.3 Å². The summed E-state index contributed by atoms with van der Waals surface area (Å²) in [6.07, 6.45) is 9.32. The number of aromatic nitrogens is 2. The number of amides is 1. The van der Waals surface area contributed by atoms with Crippen molar-refractivity contribution in [2.24, 2.45) is 0 Å². The molecular weight excluding hydrogens is 645 g/mol. The molecule has 2 N–H and O–H groups in total. The van der Waals surface area contributed by atoms with E-state index >= 15 is 0 Å². The Bertz CT molecular complexity index is 1730. The number of anilines is 2. The first-order valence-electron chi connectivity index (χ1n) is 17.7. The van der Waals surface area contributed by atoms with E-state index in [0.29, 0.717) is 36.0 Å². The summed E-state index contributed by atoms with van der Waals surface area (Å²) in [5.74, 6) is 1.96. The maximum atomic E-state index is 13.7. The molecule has 0 saturated carbocycles. The first kappa shape index (κ1) is 37.0. The summed E-state index contributed by atoms with van der Waals surface area (Å²) in [4.78, 5) is 24.4. The standard InChI is InChI=1S/C41H50N4O4S/c1-5-7-22-48-23-24-49-37-16-11-31(12-17-37)32-13-20-39-34(25-32)26-33(10-8-21-45(39)28-30(3)4)41(46)44-35-14-18-38(19-15-35)50(47)29-36-27-42-40(43-36)9-6-2/h11-20,25-27H,3,5-10,21-24,28-29H2,1-2,4H3,(H,42,43)(H,44,46). The minimum Gasteiger partial charge on any atom is -0.611 e. The monoisotopic (exact) mass is 694 g/mol. The van der Waals surface area contributed by atoms with Crippen molar-refractivity contribution >= 4 is 34.5 Å². The van der Waals surface area contributed by atoms with E-state index in [1.807, 2.05) is 49.4 Å². The molecule has 1 aliphatic heterocycles. The second-order valence-electron chi connectivity index (χ2n) is 12.8. The summed E-state index contributed by atoms with van der Waals surface area (Å²) < 4.78 is 24.5. The van der Waals surface area contributed by atoms with Gasteiger partial charge >= 0.3 is 0 Å². The fourth-order valence-corrected chi connectivity index (χ4v) is 6.96. The average molecular weight is 695 g/mol. The summed E-state index contributed by atoms with van der Waals surface area (Å²) >= 11 is -1.23. The molecule has 50 heavy (non-hydrogen) atoms. The van der Waals surface area contributed by atoms with Crippen molar-refractivity contribution in [1.29, 1.82) is 0 Å². The zero-order valence-electron chi connectivity index (χ0n) is 29.6. The first-order valence-corrected chi connectivity index (χ1v) is 19.0. The second-order valence-corrected chi connectivity index (χ2v) is 14.3. The Kier molecular flexibility index (Phi) is 13.8. The highest BCUT2D eigenvalue weighted by Gasteiger charge is 2.20. The molecule has 8 nitrogen and oxygen atoms in total. The fourth-order valence-electron chi connectivity index (χ4n) is 5.93. The quantitative estimate of drug-likeness (QED) is 0.0651. The number of rotatable bonds is 17. The molecule has 3 aromatic carbocycles. The van der Waals surface area contributed by atoms with Crippen LogP contribution in [0.5, 0.6) is 5.75 Å². The van der Waals surface area contributed by atoms with Crippen LogP contribution in [0.15, 0.2) is 95.5 Å². The van der Waals surface area contributed by atoms with Crippen molar-refractivity contribution in [3.05, 3.63) is 108 Å². The third kappa shape index (κ3) is 10.6. The summed E-state index contributed by atoms with van der Waals surface area (Å²) in [6, 6.07) is 21.8. The summed E-state index contributed by atoms with van der Waals surface area (Å²) in [5.41, 5.74) is 7.53. The van der Waals surface area contributed by atoms with Gasteiger partial charge in [-0.1, -0.05) is 50.6 Å². The lowest BCUT2D eigenvalue weighted by Crippen LogP contribution is -2.28. The molecular formula is C41H50N4O4S. The lowest BCUT2D eigenvalue weighted by molar-refractivity contribution is -0.112. The van der Waals surface area contributed by atoms with Crippen molar-refractivity contribution in [3.8, 4) is 16.9 Å². The number of aryl methyl sites for hydroxylation is 1. The van der Waals surface area contributed by atoms with Crippen LogP contribution in [0.2, 0.25) is 0 Å². The van der Waals surface area contributed by atoms with Gasteiger partial charge in [0.2, 0.25) is 0 Å². The predicted molar refractivity (Wildman–Crippen MR) is 205 cm³/mol. The lowest BCUT2D eigenvalue weighted by Gasteiger charge is -2.29. The largest absolute Gasteiger partial charge is 0.611 e. The van der Waals surface area contributed by atoms with Crippen LogP contribution in [0.3, 0.4) is 0 Å². The predicted octanol–water partition coefficient (Wildman–Crippen LogP) is 8.73. The number of carbonyl (C=O) groups excluding carboxylic acids is 1. The molecule has 0 saturated heterocycles. The van der Waals surface area contributed by atoms with E-state index in [2.05, 4.69) is 70.9 Å². The molecule has 2 heterocycles. The van der Waals surface area contributed by atoms with Crippen LogP contribution < -0.4 is 15.0 Å². The van der Waals surface area contributed by atoms with Gasteiger partial charge in [0.1, 0.15) is 18.2 Å². The average Bonchev–Trinajstić information content (AvgIpc) is 3.55. The molecule has 1 unspecified atom stereocenters. The van der Waals surface area contributed by atoms with Gasteiger partial charge in [0.25, 0.3) is 5.91 Å². The van der Waals surface area contributed by atoms with Gasteiger partial charge in [0.15, 0.2) is 10.6 Å². The van der Waals surface area contributed by atoms with Crippen molar-refractivity contribution in [2.45, 2.75) is 69.9 Å². The van der Waals surface area contributed by atoms with Gasteiger partial charge in [0.05, 0.1) is 18.5 Å². The highest BCUT2D eigenvalue weighted by Crippen LogP contribution is 2.33. The third-order valence-corrected chi connectivity index (χ3v) is 9.85. The molecule has 1 atom stereocenters. The number of hydrogen-bond acceptors (Lipinski definition) is 6. The maximum absolute atomic E-state index is 13.7. The highest BCUT2D eigenvalue weighted by atomic mass is 32.2. The normalized spacial score (nSPS) is 13.5. The zero-order valence-corrected chi connectivity index (χ0v) is 30.5. The Hall–Kier alpha value is -4.31. The summed E-state index contributed by atoms with van der Waals surface area (Å²) in [5, 5.41) is 3.08. The van der Waals surface area contributed by atoms with Gasteiger partial charge in [-0.25, -0.2) is 4.98 Å². The Morgan fingerprint density at radius 3 is 2.54 bits per heavy atom. The van der Waals surface area contributed by atoms with E-state index in [1.54, 1.807) is 6.20 Å². The number of carbonyl (C=O) groups is 1. The van der Waals surface area contributed by atoms with E-state index in [0.717, 1.165) is 103 Å². The van der Waals surface area contributed by atoms with Crippen LogP contribution in [0, 0.1) is 0 Å². The molecule has 1 amide bonds. The number of benzene rings is 3. The minimum absolute atomic E-state index is 0.135. The van der Waals surface area contributed by atoms with E-state index in [1.165, 1.54) is 0 Å². The van der Waals surface area contributed by atoms with Crippen LogP contribution in [0.25, 0.3) is 17.2 Å². The Balaban J connectivity index is 1.29. The molecule has 1 aliphatic rings. The molecule has 0 radical (unpaired) electrons. The molecule has 264 valence electrons. The lowest BCUT2D eigenvalue weighted by atomic mass is 9.96. The van der Waals surface area contributed by atoms with Gasteiger partial charge in [-0.2, -0.15) is 0 Å². The number of nitrogens with zero attached hydrogens (tertiary/aromatic N) is 2. The maximum Gasteiger partial charge on any atom is 0.251 e. The van der Waals surface area contributed by atoms with Crippen molar-refractivity contribution < 1.29 is 18.8 Å². The van der Waals surface area contributed by atoms with Crippen LogP contribution in [-0.2, 0) is 32.9 Å². The van der Waals surface area contributed by atoms with E-state index < -0.39 is 11.2 Å². The first-order chi connectivity index (χ1) is 24.3. The molecule has 0 bridgehead atoms. The number of aromatic amines is 1. The van der Waals surface area contributed by atoms with Crippen molar-refractivity contribution in [1.82, 2.24) is 9.97 Å². The number of fused-ring (bicyclic) bond motifs is 1. The molecule has 9 heteroatoms. The highest BCUT2D eigenvalue weighted by molar-refractivity contribution is 7.90. The van der Waals surface area contributed by atoms with Gasteiger partial charge < -0.3 is 29.2 Å². The Labute approximate surface area is 300 Å². The summed E-state index contributed by atoms with van der Waals surface area (Å²) in [6.45, 7) is 13.9. The number of ether oxygens (including phenoxy) is 2. The molecule has 0 spiro atoms. The van der Waals surface area contributed by atoms with Gasteiger partial charge in [0, 0.05) is 43.1 Å². The van der Waals surface area contributed by atoms with E-state index in [9.17, 15) is 9.35 Å². The number of hydrogen-bond donors (Lipinski definition) is 2. The third-order valence-electron chi connectivity index (χ3n) is 8.48. The fraction of sp³-hybridized carbons (Fsp3) is 0.366. The second kappa shape index (κ2) is 18.6. The number of imidazole rings is 1. The molecule has 4 aromatic rings. The topological polar surface area (TPSA) is 103 Å². The van der Waals surface area contributed by atoms with Gasteiger partial charge in [-0.3, -0.25) is 4.79 Å². The van der Waals surface area contributed by atoms with E-state index in [-0.39, 0.29) is 5.91 Å². The zero-order chi connectivity index (χ0) is 35.3. The Morgan fingerprint density at radius 1 is 1.02 bits per heavy atom. The smallest absolute Gasteiger partial charge is 0.251 e. The van der Waals surface area contributed by atoms with Crippen molar-refractivity contribution in [3.63, 3.8) is 0 Å². The van der Waals surface area contributed by atoms with Crippen LogP contribution >= 0.6 is 0 Å². The van der Waals surface area contributed by atoms with Gasteiger partial charge in [-0.15, -0.1) is 0 Å². The van der Waals surface area contributed by atoms with Gasteiger partial charge in [-0.05, 0) is 115 Å². The van der Waals surface area contributed by atoms with Crippen LogP contribution in [0.1, 0.15) is 70.0 Å². The van der Waals surface area contributed by atoms with E-state index in [4.69, 9.17) is 9.47 Å².